The molecule has 1 N–H and O–H groups in total. The lowest BCUT2D eigenvalue weighted by molar-refractivity contribution is 0.559. The number of hydrogen-bond acceptors (Lipinski definition) is 2. The minimum absolute atomic E-state index is 0.133. The van der Waals surface area contributed by atoms with Crippen LogP contribution in [0.25, 0.3) is 0 Å². The zero-order valence-corrected chi connectivity index (χ0v) is 12.6. The van der Waals surface area contributed by atoms with Crippen molar-refractivity contribution in [2.24, 2.45) is 0 Å². The van der Waals surface area contributed by atoms with Crippen LogP contribution in [0.3, 0.4) is 0 Å². The molecule has 1 atom stereocenters. The Kier molecular flexibility index (Phi) is 4.71. The highest BCUT2D eigenvalue weighted by Crippen LogP contribution is 2.29. The Labute approximate surface area is 121 Å². The van der Waals surface area contributed by atoms with Crippen molar-refractivity contribution in [2.75, 3.05) is 7.05 Å². The zero-order chi connectivity index (χ0) is 13.8. The fourth-order valence-corrected chi connectivity index (χ4v) is 2.67. The first-order valence-corrected chi connectivity index (χ1v) is 7.10. The van der Waals surface area contributed by atoms with Crippen molar-refractivity contribution in [3.8, 4) is 0 Å². The van der Waals surface area contributed by atoms with Crippen LogP contribution in [0.5, 0.6) is 0 Å². The van der Waals surface area contributed by atoms with E-state index in [9.17, 15) is 4.39 Å². The minimum Gasteiger partial charge on any atom is -0.333 e. The van der Waals surface area contributed by atoms with Crippen LogP contribution in [0.4, 0.5) is 4.39 Å². The van der Waals surface area contributed by atoms with Gasteiger partial charge in [-0.1, -0.05) is 19.1 Å². The van der Waals surface area contributed by atoms with Crippen molar-refractivity contribution in [3.63, 3.8) is 0 Å². The van der Waals surface area contributed by atoms with Crippen molar-refractivity contribution in [3.05, 3.63) is 52.3 Å². The molecule has 2 aromatic rings. The van der Waals surface area contributed by atoms with Crippen LogP contribution in [-0.4, -0.2) is 16.6 Å². The van der Waals surface area contributed by atoms with Gasteiger partial charge in [0.15, 0.2) is 0 Å². The van der Waals surface area contributed by atoms with Gasteiger partial charge in [0.05, 0.1) is 10.5 Å². The summed E-state index contributed by atoms with van der Waals surface area (Å²) in [5.74, 6) is 0.641. The molecule has 5 heteroatoms. The molecule has 1 unspecified atom stereocenters. The summed E-state index contributed by atoms with van der Waals surface area (Å²) >= 11 is 3.32. The van der Waals surface area contributed by atoms with Gasteiger partial charge < -0.3 is 9.88 Å². The molecule has 19 heavy (non-hydrogen) atoms. The second-order valence-corrected chi connectivity index (χ2v) is 5.14. The molecule has 3 nitrogen and oxygen atoms in total. The monoisotopic (exact) mass is 325 g/mol. The summed E-state index contributed by atoms with van der Waals surface area (Å²) in [5, 5.41) is 3.21. The quantitative estimate of drug-likeness (QED) is 0.911. The molecule has 1 heterocycles. The third-order valence-electron chi connectivity index (χ3n) is 3.05. The van der Waals surface area contributed by atoms with Gasteiger partial charge in [0, 0.05) is 18.9 Å². The molecule has 0 fully saturated rings. The maximum absolute atomic E-state index is 13.7. The van der Waals surface area contributed by atoms with Crippen LogP contribution in [0.2, 0.25) is 0 Å². The van der Waals surface area contributed by atoms with Gasteiger partial charge >= 0.3 is 0 Å². The van der Waals surface area contributed by atoms with Gasteiger partial charge in [-0.3, -0.25) is 0 Å². The summed E-state index contributed by atoms with van der Waals surface area (Å²) in [7, 11) is 1.85. The summed E-state index contributed by atoms with van der Waals surface area (Å²) in [5.41, 5.74) is 0.853. The fraction of sp³-hybridized carbons (Fsp3) is 0.357. The molecule has 0 amide bonds. The van der Waals surface area contributed by atoms with E-state index in [1.165, 1.54) is 6.07 Å². The number of aromatic nitrogens is 2. The normalized spacial score (nSPS) is 12.6. The molecule has 0 radical (unpaired) electrons. The summed E-state index contributed by atoms with van der Waals surface area (Å²) in [6, 6.07) is 4.93. The molecule has 0 saturated carbocycles. The SMILES string of the molecule is CCCn1ccnc1C(NC)c1cccc(F)c1Br. The standard InChI is InChI=1S/C14H17BrFN3/c1-3-8-19-9-7-18-14(19)13(17-2)10-5-4-6-11(16)12(10)15/h4-7,9,13,17H,3,8H2,1-2H3. The molecule has 0 spiro atoms. The number of benzene rings is 1. The van der Waals surface area contributed by atoms with E-state index in [4.69, 9.17) is 0 Å². The Hall–Kier alpha value is -1.20. The van der Waals surface area contributed by atoms with Gasteiger partial charge in [0.25, 0.3) is 0 Å². The molecule has 2 rings (SSSR count). The molecular weight excluding hydrogens is 309 g/mol. The van der Waals surface area contributed by atoms with Gasteiger partial charge in [-0.25, -0.2) is 9.37 Å². The summed E-state index contributed by atoms with van der Waals surface area (Å²) in [6.45, 7) is 3.02. The van der Waals surface area contributed by atoms with E-state index in [2.05, 4.69) is 37.7 Å². The van der Waals surface area contributed by atoms with Crippen molar-refractivity contribution >= 4 is 15.9 Å². The Bertz CT molecular complexity index is 553. The molecule has 0 aliphatic heterocycles. The first-order chi connectivity index (χ1) is 9.19. The smallest absolute Gasteiger partial charge is 0.137 e. The fourth-order valence-electron chi connectivity index (χ4n) is 2.18. The second-order valence-electron chi connectivity index (χ2n) is 4.34. The predicted octanol–water partition coefficient (Wildman–Crippen LogP) is 3.50. The summed E-state index contributed by atoms with van der Waals surface area (Å²) in [6.07, 6.45) is 4.77. The summed E-state index contributed by atoms with van der Waals surface area (Å²) < 4.78 is 16.2. The van der Waals surface area contributed by atoms with Crippen LogP contribution in [0, 0.1) is 5.82 Å². The van der Waals surface area contributed by atoms with E-state index in [1.54, 1.807) is 12.3 Å². The Morgan fingerprint density at radius 3 is 2.95 bits per heavy atom. The van der Waals surface area contributed by atoms with Crippen LogP contribution >= 0.6 is 15.9 Å². The minimum atomic E-state index is -0.258. The highest BCUT2D eigenvalue weighted by molar-refractivity contribution is 9.10. The molecule has 0 aliphatic carbocycles. The van der Waals surface area contributed by atoms with Crippen LogP contribution in [0.15, 0.2) is 35.1 Å². The average Bonchev–Trinajstić information content (AvgIpc) is 2.84. The first kappa shape index (κ1) is 14.2. The van der Waals surface area contributed by atoms with Crippen molar-refractivity contribution < 1.29 is 4.39 Å². The van der Waals surface area contributed by atoms with Crippen molar-refractivity contribution in [1.82, 2.24) is 14.9 Å². The number of imidazole rings is 1. The maximum atomic E-state index is 13.7. The molecule has 102 valence electrons. The van der Waals surface area contributed by atoms with E-state index >= 15 is 0 Å². The van der Waals surface area contributed by atoms with Crippen molar-refractivity contribution in [1.29, 1.82) is 0 Å². The van der Waals surface area contributed by atoms with E-state index in [-0.39, 0.29) is 11.9 Å². The Balaban J connectivity index is 2.44. The number of rotatable bonds is 5. The van der Waals surface area contributed by atoms with Gasteiger partial charge in [-0.05, 0) is 41.0 Å². The van der Waals surface area contributed by atoms with Gasteiger partial charge in [0.1, 0.15) is 11.6 Å². The van der Waals surface area contributed by atoms with Gasteiger partial charge in [-0.2, -0.15) is 0 Å². The molecular formula is C14H17BrFN3. The molecule has 1 aromatic carbocycles. The van der Waals surface area contributed by atoms with Gasteiger partial charge in [-0.15, -0.1) is 0 Å². The zero-order valence-electron chi connectivity index (χ0n) is 11.0. The van der Waals surface area contributed by atoms with Crippen LogP contribution in [-0.2, 0) is 6.54 Å². The maximum Gasteiger partial charge on any atom is 0.137 e. The van der Waals surface area contributed by atoms with E-state index < -0.39 is 0 Å². The highest BCUT2D eigenvalue weighted by atomic mass is 79.9. The highest BCUT2D eigenvalue weighted by Gasteiger charge is 2.20. The van der Waals surface area contributed by atoms with E-state index in [0.29, 0.717) is 4.47 Å². The van der Waals surface area contributed by atoms with E-state index in [0.717, 1.165) is 24.4 Å². The third kappa shape index (κ3) is 2.87. The number of nitrogens with zero attached hydrogens (tertiary/aromatic N) is 2. The lowest BCUT2D eigenvalue weighted by atomic mass is 10.1. The predicted molar refractivity (Wildman–Crippen MR) is 77.5 cm³/mol. The van der Waals surface area contributed by atoms with Crippen LogP contribution in [0.1, 0.15) is 30.8 Å². The Morgan fingerprint density at radius 1 is 1.47 bits per heavy atom. The number of hydrogen-bond donors (Lipinski definition) is 1. The van der Waals surface area contributed by atoms with Gasteiger partial charge in [0.2, 0.25) is 0 Å². The third-order valence-corrected chi connectivity index (χ3v) is 3.89. The lowest BCUT2D eigenvalue weighted by Gasteiger charge is -2.19. The number of nitrogens with one attached hydrogen (secondary N) is 1. The van der Waals surface area contributed by atoms with Crippen molar-refractivity contribution in [2.45, 2.75) is 25.9 Å². The average molecular weight is 326 g/mol. The summed E-state index contributed by atoms with van der Waals surface area (Å²) in [4.78, 5) is 4.41. The van der Waals surface area contributed by atoms with Crippen LogP contribution < -0.4 is 5.32 Å². The number of halogens is 2. The number of aryl methyl sites for hydroxylation is 1. The second kappa shape index (κ2) is 6.30. The lowest BCUT2D eigenvalue weighted by Crippen LogP contribution is -2.22. The Morgan fingerprint density at radius 2 is 2.26 bits per heavy atom. The molecule has 0 aliphatic rings. The first-order valence-electron chi connectivity index (χ1n) is 6.31. The topological polar surface area (TPSA) is 29.9 Å². The molecule has 1 aromatic heterocycles. The molecule has 0 saturated heterocycles. The van der Waals surface area contributed by atoms with E-state index in [1.807, 2.05) is 19.3 Å². The largest absolute Gasteiger partial charge is 0.333 e. The molecule has 0 bridgehead atoms.